The monoisotopic (exact) mass is 485 g/mol. The first-order valence-corrected chi connectivity index (χ1v) is 12.4. The minimum Gasteiger partial charge on any atom is -0.339 e. The molecular weight excluding hydrogens is 462 g/mol. The molecule has 176 valence electrons. The van der Waals surface area contributed by atoms with Gasteiger partial charge in [0.1, 0.15) is 6.54 Å². The third kappa shape index (κ3) is 3.92. The average molecular weight is 486 g/mol. The minimum absolute atomic E-state index is 0.0116. The van der Waals surface area contributed by atoms with Gasteiger partial charge in [0.2, 0.25) is 5.91 Å². The molecule has 0 aliphatic carbocycles. The zero-order chi connectivity index (χ0) is 23.9. The Kier molecular flexibility index (Phi) is 5.43. The molecule has 3 aromatic heterocycles. The molecule has 1 amide bonds. The van der Waals surface area contributed by atoms with E-state index in [0.29, 0.717) is 48.5 Å². The number of nitrogens with zero attached hydrogens (tertiary/aromatic N) is 5. The van der Waals surface area contributed by atoms with Crippen LogP contribution in [0.3, 0.4) is 0 Å². The van der Waals surface area contributed by atoms with Gasteiger partial charge in [-0.05, 0) is 24.3 Å². The van der Waals surface area contributed by atoms with Crippen LogP contribution in [0.15, 0.2) is 75.8 Å². The fraction of sp³-hybridized carbons (Fsp3) is 0.231. The van der Waals surface area contributed by atoms with Crippen molar-refractivity contribution in [3.63, 3.8) is 0 Å². The predicted octanol–water partition coefficient (Wildman–Crippen LogP) is 2.57. The first kappa shape index (κ1) is 21.7. The lowest BCUT2D eigenvalue weighted by Crippen LogP contribution is -2.49. The highest BCUT2D eigenvalue weighted by atomic mass is 32.1. The smallest absolute Gasteiger partial charge is 0.258 e. The SMILES string of the molecule is O=C(Cn1c2ccccc2c(=O)c2ccccc21)N1CCN(Cc2cc(=O)n3ccsc3n2)CC1. The number of thiazole rings is 1. The molecule has 35 heavy (non-hydrogen) atoms. The lowest BCUT2D eigenvalue weighted by molar-refractivity contribution is -0.133. The number of rotatable bonds is 4. The summed E-state index contributed by atoms with van der Waals surface area (Å²) >= 11 is 1.44. The standard InChI is InChI=1S/C26H23N5O3S/c32-23-15-18(27-26-30(23)13-14-35-26)16-28-9-11-29(12-10-28)24(33)17-31-21-7-3-1-5-19(21)25(34)20-6-2-4-8-22(20)31/h1-8,13-15H,9-12,16-17H2. The molecule has 4 heterocycles. The minimum atomic E-state index is -0.0689. The molecule has 1 aliphatic heterocycles. The number of para-hydroxylation sites is 2. The van der Waals surface area contributed by atoms with E-state index in [1.54, 1.807) is 16.7 Å². The van der Waals surface area contributed by atoms with E-state index in [0.717, 1.165) is 16.7 Å². The van der Waals surface area contributed by atoms with Gasteiger partial charge in [-0.25, -0.2) is 4.98 Å². The number of carbonyl (C=O) groups excluding carboxylic acids is 1. The predicted molar refractivity (Wildman–Crippen MR) is 137 cm³/mol. The van der Waals surface area contributed by atoms with Crippen LogP contribution in [0.1, 0.15) is 5.69 Å². The Balaban J connectivity index is 1.19. The van der Waals surface area contributed by atoms with E-state index in [-0.39, 0.29) is 23.4 Å². The van der Waals surface area contributed by atoms with Gasteiger partial charge in [-0.3, -0.25) is 23.7 Å². The molecule has 0 saturated carbocycles. The zero-order valence-electron chi connectivity index (χ0n) is 19.0. The fourth-order valence-corrected chi connectivity index (χ4v) is 5.57. The van der Waals surface area contributed by atoms with Crippen LogP contribution in [0.4, 0.5) is 0 Å². The highest BCUT2D eigenvalue weighted by molar-refractivity contribution is 7.15. The van der Waals surface area contributed by atoms with Crippen molar-refractivity contribution < 1.29 is 4.79 Å². The Morgan fingerprint density at radius 1 is 0.914 bits per heavy atom. The molecule has 0 radical (unpaired) electrons. The van der Waals surface area contributed by atoms with Crippen molar-refractivity contribution in [2.75, 3.05) is 26.2 Å². The van der Waals surface area contributed by atoms with Gasteiger partial charge in [-0.2, -0.15) is 0 Å². The first-order valence-electron chi connectivity index (χ1n) is 11.5. The van der Waals surface area contributed by atoms with Crippen LogP contribution < -0.4 is 11.0 Å². The van der Waals surface area contributed by atoms with Gasteiger partial charge in [-0.15, -0.1) is 11.3 Å². The molecule has 0 atom stereocenters. The molecular formula is C26H23N5O3S. The molecule has 0 N–H and O–H groups in total. The van der Waals surface area contributed by atoms with E-state index >= 15 is 0 Å². The second kappa shape index (κ2) is 8.75. The van der Waals surface area contributed by atoms with Gasteiger partial charge in [0.15, 0.2) is 10.4 Å². The molecule has 1 saturated heterocycles. The van der Waals surface area contributed by atoms with Crippen LogP contribution in [0.25, 0.3) is 26.8 Å². The maximum atomic E-state index is 13.3. The number of amides is 1. The largest absolute Gasteiger partial charge is 0.339 e. The number of benzene rings is 2. The quantitative estimate of drug-likeness (QED) is 0.366. The molecule has 5 aromatic rings. The first-order chi connectivity index (χ1) is 17.1. The fourth-order valence-electron chi connectivity index (χ4n) is 4.84. The van der Waals surface area contributed by atoms with Crippen LogP contribution >= 0.6 is 11.3 Å². The molecule has 1 fully saturated rings. The number of hydrogen-bond donors (Lipinski definition) is 0. The van der Waals surface area contributed by atoms with Gasteiger partial charge in [0.25, 0.3) is 5.56 Å². The van der Waals surface area contributed by atoms with Crippen molar-refractivity contribution in [2.45, 2.75) is 13.1 Å². The second-order valence-electron chi connectivity index (χ2n) is 8.75. The van der Waals surface area contributed by atoms with Crippen molar-refractivity contribution in [1.82, 2.24) is 23.8 Å². The Bertz CT molecular complexity index is 1630. The van der Waals surface area contributed by atoms with E-state index in [4.69, 9.17) is 0 Å². The number of carbonyl (C=O) groups is 1. The topological polar surface area (TPSA) is 79.9 Å². The zero-order valence-corrected chi connectivity index (χ0v) is 19.8. The molecule has 6 rings (SSSR count). The summed E-state index contributed by atoms with van der Waals surface area (Å²) in [7, 11) is 0. The Hall–Kier alpha value is -3.82. The third-order valence-corrected chi connectivity index (χ3v) is 7.40. The van der Waals surface area contributed by atoms with Gasteiger partial charge in [-0.1, -0.05) is 24.3 Å². The lowest BCUT2D eigenvalue weighted by atomic mass is 10.1. The third-order valence-electron chi connectivity index (χ3n) is 6.64. The Morgan fingerprint density at radius 2 is 1.57 bits per heavy atom. The Morgan fingerprint density at radius 3 is 2.26 bits per heavy atom. The van der Waals surface area contributed by atoms with Crippen molar-refractivity contribution in [3.05, 3.63) is 92.4 Å². The van der Waals surface area contributed by atoms with Crippen molar-refractivity contribution in [2.24, 2.45) is 0 Å². The summed E-state index contributed by atoms with van der Waals surface area (Å²) in [6, 6.07) is 16.5. The van der Waals surface area contributed by atoms with Crippen LogP contribution in [0, 0.1) is 0 Å². The maximum Gasteiger partial charge on any atom is 0.258 e. The van der Waals surface area contributed by atoms with E-state index < -0.39 is 0 Å². The van der Waals surface area contributed by atoms with Gasteiger partial charge >= 0.3 is 0 Å². The van der Waals surface area contributed by atoms with Crippen LogP contribution in [0.2, 0.25) is 0 Å². The normalized spacial score (nSPS) is 14.8. The average Bonchev–Trinajstić information content (AvgIpc) is 3.36. The number of piperazine rings is 1. The molecule has 0 bridgehead atoms. The Labute approximate surface area is 204 Å². The van der Waals surface area contributed by atoms with E-state index in [9.17, 15) is 14.4 Å². The molecule has 0 spiro atoms. The van der Waals surface area contributed by atoms with Crippen molar-refractivity contribution in [3.8, 4) is 0 Å². The van der Waals surface area contributed by atoms with Gasteiger partial charge in [0, 0.05) is 61.1 Å². The molecule has 0 unspecified atom stereocenters. The maximum absolute atomic E-state index is 13.3. The molecule has 8 nitrogen and oxygen atoms in total. The highest BCUT2D eigenvalue weighted by Crippen LogP contribution is 2.20. The van der Waals surface area contributed by atoms with Crippen LogP contribution in [-0.4, -0.2) is 55.8 Å². The van der Waals surface area contributed by atoms with E-state index in [1.807, 2.05) is 63.4 Å². The van der Waals surface area contributed by atoms with Crippen LogP contribution in [-0.2, 0) is 17.9 Å². The van der Waals surface area contributed by atoms with E-state index in [2.05, 4.69) is 9.88 Å². The molecule has 2 aromatic carbocycles. The summed E-state index contributed by atoms with van der Waals surface area (Å²) in [4.78, 5) is 47.9. The number of fused-ring (bicyclic) bond motifs is 3. The lowest BCUT2D eigenvalue weighted by Gasteiger charge is -2.34. The summed E-state index contributed by atoms with van der Waals surface area (Å²) in [5.74, 6) is 0.0278. The molecule has 1 aliphatic rings. The van der Waals surface area contributed by atoms with Crippen LogP contribution in [0.5, 0.6) is 0 Å². The summed E-state index contributed by atoms with van der Waals surface area (Å²) in [5.41, 5.74) is 2.21. The number of pyridine rings is 1. The second-order valence-corrected chi connectivity index (χ2v) is 9.62. The summed E-state index contributed by atoms with van der Waals surface area (Å²) < 4.78 is 3.50. The van der Waals surface area contributed by atoms with Crippen molar-refractivity contribution in [1.29, 1.82) is 0 Å². The molecule has 9 heteroatoms. The highest BCUT2D eigenvalue weighted by Gasteiger charge is 2.23. The summed E-state index contributed by atoms with van der Waals surface area (Å²) in [5, 5.41) is 3.09. The summed E-state index contributed by atoms with van der Waals surface area (Å²) in [6.07, 6.45) is 1.73. The van der Waals surface area contributed by atoms with Crippen molar-refractivity contribution >= 4 is 44.0 Å². The van der Waals surface area contributed by atoms with E-state index in [1.165, 1.54) is 11.3 Å². The summed E-state index contributed by atoms with van der Waals surface area (Å²) in [6.45, 7) is 3.39. The number of hydrogen-bond acceptors (Lipinski definition) is 6. The van der Waals surface area contributed by atoms with Gasteiger partial charge in [0.05, 0.1) is 16.7 Å². The van der Waals surface area contributed by atoms with Gasteiger partial charge < -0.3 is 9.47 Å². The number of aromatic nitrogens is 3.